The minimum Gasteiger partial charge on any atom is -0.329 e. The van der Waals surface area contributed by atoms with Gasteiger partial charge >= 0.3 is 12.1 Å². The van der Waals surface area contributed by atoms with Gasteiger partial charge < -0.3 is 9.84 Å². The highest BCUT2D eigenvalue weighted by Gasteiger charge is 2.44. The first-order valence-electron chi connectivity index (χ1n) is 7.04. The quantitative estimate of drug-likeness (QED) is 0.924. The van der Waals surface area contributed by atoms with Crippen molar-refractivity contribution in [1.82, 2.24) is 10.1 Å². The van der Waals surface area contributed by atoms with Crippen LogP contribution >= 0.6 is 0 Å². The van der Waals surface area contributed by atoms with Crippen LogP contribution in [0.4, 0.5) is 18.9 Å². The number of amides is 1. The third-order valence-electron chi connectivity index (χ3n) is 3.69. The summed E-state index contributed by atoms with van der Waals surface area (Å²) in [6, 6.07) is 8.11. The van der Waals surface area contributed by atoms with Crippen molar-refractivity contribution in [3.05, 3.63) is 30.2 Å². The summed E-state index contributed by atoms with van der Waals surface area (Å²) in [4.78, 5) is 15.2. The van der Waals surface area contributed by atoms with Gasteiger partial charge in [-0.2, -0.15) is 23.4 Å². The van der Waals surface area contributed by atoms with Crippen molar-refractivity contribution < 1.29 is 22.5 Å². The standard InChI is InChI=1S/C15H11F3N4O2/c16-15(17,18)13-21-12(22-24-13)9-1-3-10(4-2-9)20-11(23)7-14(8-19)5-6-14/h1-4H,5-7H2,(H,20,23). The maximum Gasteiger partial charge on any atom is 0.471 e. The largest absolute Gasteiger partial charge is 0.471 e. The number of nitrogens with zero attached hydrogens (tertiary/aromatic N) is 3. The van der Waals surface area contributed by atoms with Crippen molar-refractivity contribution in [3.63, 3.8) is 0 Å². The number of halogens is 3. The zero-order chi connectivity index (χ0) is 17.4. The van der Waals surface area contributed by atoms with Crippen LogP contribution in [0.1, 0.15) is 25.2 Å². The molecule has 0 atom stereocenters. The molecule has 1 aliphatic carbocycles. The van der Waals surface area contributed by atoms with E-state index in [1.54, 1.807) is 0 Å². The Morgan fingerprint density at radius 1 is 1.33 bits per heavy atom. The number of aromatic nitrogens is 2. The van der Waals surface area contributed by atoms with Gasteiger partial charge in [0.15, 0.2) is 0 Å². The molecule has 0 radical (unpaired) electrons. The van der Waals surface area contributed by atoms with E-state index in [0.717, 1.165) is 12.8 Å². The number of hydrogen-bond donors (Lipinski definition) is 1. The molecule has 1 aliphatic rings. The van der Waals surface area contributed by atoms with Gasteiger partial charge in [0.1, 0.15) is 0 Å². The number of carbonyl (C=O) groups excluding carboxylic acids is 1. The average Bonchev–Trinajstić information content (AvgIpc) is 3.10. The number of rotatable bonds is 4. The highest BCUT2D eigenvalue weighted by atomic mass is 19.4. The Hall–Kier alpha value is -2.89. The summed E-state index contributed by atoms with van der Waals surface area (Å²) in [5.41, 5.74) is 0.253. The maximum absolute atomic E-state index is 12.4. The number of carbonyl (C=O) groups is 1. The van der Waals surface area contributed by atoms with Gasteiger partial charge in [-0.15, -0.1) is 0 Å². The van der Waals surface area contributed by atoms with Crippen molar-refractivity contribution in [2.24, 2.45) is 5.41 Å². The summed E-state index contributed by atoms with van der Waals surface area (Å²) in [5, 5.41) is 14.9. The van der Waals surface area contributed by atoms with Crippen molar-refractivity contribution in [1.29, 1.82) is 5.26 Å². The summed E-state index contributed by atoms with van der Waals surface area (Å²) < 4.78 is 41.4. The minimum absolute atomic E-state index is 0.130. The van der Waals surface area contributed by atoms with Crippen molar-refractivity contribution in [2.45, 2.75) is 25.4 Å². The molecule has 2 aromatic rings. The summed E-state index contributed by atoms with van der Waals surface area (Å²) in [5.74, 6) is -1.89. The number of nitrogens with one attached hydrogen (secondary N) is 1. The van der Waals surface area contributed by atoms with Gasteiger partial charge in [-0.25, -0.2) is 0 Å². The molecule has 1 aromatic heterocycles. The molecule has 6 nitrogen and oxygen atoms in total. The molecule has 1 saturated carbocycles. The third-order valence-corrected chi connectivity index (χ3v) is 3.69. The van der Waals surface area contributed by atoms with Crippen LogP contribution < -0.4 is 5.32 Å². The molecule has 9 heteroatoms. The van der Waals surface area contributed by atoms with E-state index in [9.17, 15) is 18.0 Å². The molecule has 0 unspecified atom stereocenters. The van der Waals surface area contributed by atoms with Crippen LogP contribution in [0, 0.1) is 16.7 Å². The summed E-state index contributed by atoms with van der Waals surface area (Å²) in [6.45, 7) is 0. The molecular formula is C15H11F3N4O2. The highest BCUT2D eigenvalue weighted by Crippen LogP contribution is 2.48. The topological polar surface area (TPSA) is 91.8 Å². The lowest BCUT2D eigenvalue weighted by Crippen LogP contribution is -2.16. The van der Waals surface area contributed by atoms with E-state index in [1.165, 1.54) is 24.3 Å². The molecule has 3 rings (SSSR count). The van der Waals surface area contributed by atoms with Crippen LogP contribution in [0.3, 0.4) is 0 Å². The van der Waals surface area contributed by atoms with Crippen molar-refractivity contribution >= 4 is 11.6 Å². The van der Waals surface area contributed by atoms with Gasteiger partial charge in [-0.1, -0.05) is 5.16 Å². The Labute approximate surface area is 134 Å². The molecule has 24 heavy (non-hydrogen) atoms. The van der Waals surface area contributed by atoms with E-state index in [4.69, 9.17) is 5.26 Å². The Bertz CT molecular complexity index is 801. The lowest BCUT2D eigenvalue weighted by Gasteiger charge is -2.07. The van der Waals surface area contributed by atoms with Crippen LogP contribution in [-0.4, -0.2) is 16.0 Å². The Morgan fingerprint density at radius 3 is 2.50 bits per heavy atom. The predicted molar refractivity (Wildman–Crippen MR) is 75.3 cm³/mol. The smallest absolute Gasteiger partial charge is 0.329 e. The second-order valence-electron chi connectivity index (χ2n) is 5.62. The Balaban J connectivity index is 1.66. The van der Waals surface area contributed by atoms with E-state index < -0.39 is 17.5 Å². The SMILES string of the molecule is N#CC1(CC(=O)Nc2ccc(-c3noc(C(F)(F)F)n3)cc2)CC1. The molecule has 0 aliphatic heterocycles. The van der Waals surface area contributed by atoms with Crippen LogP contribution in [0.5, 0.6) is 0 Å². The first-order valence-corrected chi connectivity index (χ1v) is 7.04. The second kappa shape index (κ2) is 5.63. The first kappa shape index (κ1) is 16.0. The number of benzene rings is 1. The van der Waals surface area contributed by atoms with Gasteiger partial charge in [0, 0.05) is 17.7 Å². The molecule has 124 valence electrons. The predicted octanol–water partition coefficient (Wildman–Crippen LogP) is 3.39. The number of hydrogen-bond acceptors (Lipinski definition) is 5. The molecule has 1 amide bonds. The number of alkyl halides is 3. The van der Waals surface area contributed by atoms with Crippen LogP contribution in [0.2, 0.25) is 0 Å². The Morgan fingerprint density at radius 2 is 2.00 bits per heavy atom. The van der Waals surface area contributed by atoms with Crippen LogP contribution in [0.25, 0.3) is 11.4 Å². The number of nitriles is 1. The second-order valence-corrected chi connectivity index (χ2v) is 5.62. The van der Waals surface area contributed by atoms with E-state index >= 15 is 0 Å². The molecule has 0 spiro atoms. The van der Waals surface area contributed by atoms with Gasteiger partial charge in [0.2, 0.25) is 11.7 Å². The zero-order valence-electron chi connectivity index (χ0n) is 12.2. The van der Waals surface area contributed by atoms with Gasteiger partial charge in [0.25, 0.3) is 0 Å². The Kier molecular flexibility index (Phi) is 3.75. The summed E-state index contributed by atoms with van der Waals surface area (Å²) in [7, 11) is 0. The van der Waals surface area contributed by atoms with E-state index in [0.29, 0.717) is 11.3 Å². The molecular weight excluding hydrogens is 325 g/mol. The van der Waals surface area contributed by atoms with E-state index in [-0.39, 0.29) is 18.2 Å². The van der Waals surface area contributed by atoms with Crippen LogP contribution in [0.15, 0.2) is 28.8 Å². The minimum atomic E-state index is -4.70. The fourth-order valence-corrected chi connectivity index (χ4v) is 2.15. The van der Waals surface area contributed by atoms with Gasteiger partial charge in [-0.3, -0.25) is 4.79 Å². The van der Waals surface area contributed by atoms with E-state index in [1.807, 2.05) is 0 Å². The number of anilines is 1. The highest BCUT2D eigenvalue weighted by molar-refractivity contribution is 5.91. The lowest BCUT2D eigenvalue weighted by atomic mass is 10.0. The van der Waals surface area contributed by atoms with Gasteiger partial charge in [-0.05, 0) is 37.1 Å². The van der Waals surface area contributed by atoms with Crippen LogP contribution in [-0.2, 0) is 11.0 Å². The maximum atomic E-state index is 12.4. The monoisotopic (exact) mass is 336 g/mol. The third kappa shape index (κ3) is 3.37. The van der Waals surface area contributed by atoms with Crippen molar-refractivity contribution in [3.8, 4) is 17.5 Å². The summed E-state index contributed by atoms with van der Waals surface area (Å²) in [6.07, 6.45) is -3.13. The molecule has 1 N–H and O–H groups in total. The van der Waals surface area contributed by atoms with Gasteiger partial charge in [0.05, 0.1) is 11.5 Å². The first-order chi connectivity index (χ1) is 11.3. The molecule has 1 fully saturated rings. The van der Waals surface area contributed by atoms with Crippen molar-refractivity contribution in [2.75, 3.05) is 5.32 Å². The molecule has 1 heterocycles. The normalized spacial score (nSPS) is 15.6. The fourth-order valence-electron chi connectivity index (χ4n) is 2.15. The van der Waals surface area contributed by atoms with E-state index in [2.05, 4.69) is 26.0 Å². The summed E-state index contributed by atoms with van der Waals surface area (Å²) >= 11 is 0. The average molecular weight is 336 g/mol. The zero-order valence-corrected chi connectivity index (χ0v) is 12.2. The lowest BCUT2D eigenvalue weighted by molar-refractivity contribution is -0.159. The molecule has 0 bridgehead atoms. The molecule has 0 saturated heterocycles. The molecule has 1 aromatic carbocycles. The fraction of sp³-hybridized carbons (Fsp3) is 0.333.